The molecule has 382 valence electrons. The van der Waals surface area contributed by atoms with Crippen LogP contribution in [0.2, 0.25) is 0 Å². The molecular formula is C53H93O12P. The molecule has 0 bridgehead atoms. The lowest BCUT2D eigenvalue weighted by molar-refractivity contribution is -0.161. The van der Waals surface area contributed by atoms with Crippen LogP contribution in [0.15, 0.2) is 72.9 Å². The number of ether oxygens (including phenoxy) is 2. The molecule has 0 aromatic rings. The van der Waals surface area contributed by atoms with Crippen LogP contribution in [-0.2, 0) is 32.7 Å². The molecule has 0 aliphatic heterocycles. The van der Waals surface area contributed by atoms with E-state index < -0.39 is 70.6 Å². The normalized spacial score (nSPS) is 15.7. The number of hydrogen-bond acceptors (Lipinski definition) is 11. The first-order valence-electron chi connectivity index (χ1n) is 25.5. The summed E-state index contributed by atoms with van der Waals surface area (Å²) in [6.07, 6.45) is 46.5. The summed E-state index contributed by atoms with van der Waals surface area (Å²) in [7, 11) is -4.67. The Hall–Kier alpha value is -2.67. The summed E-state index contributed by atoms with van der Waals surface area (Å²) in [5, 5.41) is 38.4. The lowest BCUT2D eigenvalue weighted by Crippen LogP contribution is -2.29. The second kappa shape index (κ2) is 46.1. The fourth-order valence-corrected chi connectivity index (χ4v) is 7.56. The summed E-state index contributed by atoms with van der Waals surface area (Å²) in [6, 6.07) is 0. The Morgan fingerprint density at radius 2 is 1.12 bits per heavy atom. The van der Waals surface area contributed by atoms with E-state index in [1.165, 1.54) is 103 Å². The van der Waals surface area contributed by atoms with E-state index in [1.54, 1.807) is 30.4 Å². The average molecular weight is 953 g/mol. The van der Waals surface area contributed by atoms with Crippen molar-refractivity contribution in [2.75, 3.05) is 26.4 Å². The SMILES string of the molecule is CC/C=C\C[C@@H](O)/C=C/C=C\C/C=C\C=C\[C@@H](O)/C=C\CCCC(=O)OC[C@H](COP(=O)(O)OC[C@@H](O)CO)OC(=O)CCCCCCCCCCCCCCCCCCCCC(C)CC. The minimum atomic E-state index is -4.67. The highest BCUT2D eigenvalue weighted by Crippen LogP contribution is 2.43. The molecule has 0 aromatic heterocycles. The van der Waals surface area contributed by atoms with E-state index in [9.17, 15) is 34.4 Å². The number of unbranched alkanes of at least 4 members (excludes halogenated alkanes) is 18. The van der Waals surface area contributed by atoms with Gasteiger partial charge in [0.1, 0.15) is 12.7 Å². The van der Waals surface area contributed by atoms with E-state index >= 15 is 0 Å². The second-order valence-electron chi connectivity index (χ2n) is 17.5. The standard InChI is InChI=1S/C53H93O12P/c1-4-6-29-37-48(55)38-31-25-21-19-22-26-32-39-49(56)40-33-28-35-41-52(58)62-45-51(46-64-66(60,61)63-44-50(57)43-54)65-53(59)42-34-27-23-18-16-14-12-10-8-7-9-11-13-15-17-20-24-30-36-47(3)5-2/h6,21-22,25-26,29,31-33,38-40,47-51,54-57H,4-5,7-20,23-24,27-28,30,34-37,41-46H2,1-3H3,(H,60,61)/b25-21-,26-22-,29-6-,38-31+,39-32+,40-33-/t47?,48-,49-,50+,51-/m1/s1. The highest BCUT2D eigenvalue weighted by molar-refractivity contribution is 7.47. The van der Waals surface area contributed by atoms with Crippen molar-refractivity contribution >= 4 is 19.8 Å². The molecule has 0 heterocycles. The topological polar surface area (TPSA) is 189 Å². The summed E-state index contributed by atoms with van der Waals surface area (Å²) < 4.78 is 32.7. The Morgan fingerprint density at radius 1 is 0.591 bits per heavy atom. The largest absolute Gasteiger partial charge is 0.472 e. The number of allylic oxidation sites excluding steroid dienone is 8. The van der Waals surface area contributed by atoms with Crippen molar-refractivity contribution in [3.8, 4) is 0 Å². The van der Waals surface area contributed by atoms with Crippen LogP contribution in [0.1, 0.15) is 194 Å². The number of aliphatic hydroxyl groups is 4. The molecular weight excluding hydrogens is 860 g/mol. The van der Waals surface area contributed by atoms with Gasteiger partial charge in [-0.05, 0) is 44.4 Å². The minimum absolute atomic E-state index is 0.0534. The molecule has 6 atom stereocenters. The van der Waals surface area contributed by atoms with Gasteiger partial charge in [-0.25, -0.2) is 4.57 Å². The van der Waals surface area contributed by atoms with Crippen molar-refractivity contribution in [2.24, 2.45) is 5.92 Å². The summed E-state index contributed by atoms with van der Waals surface area (Å²) in [6.45, 7) is 4.37. The fraction of sp³-hybridized carbons (Fsp3) is 0.736. The van der Waals surface area contributed by atoms with E-state index in [1.807, 2.05) is 42.5 Å². The van der Waals surface area contributed by atoms with Crippen molar-refractivity contribution < 1.29 is 58.0 Å². The number of carbonyl (C=O) groups excluding carboxylic acids is 2. The van der Waals surface area contributed by atoms with Gasteiger partial charge in [0, 0.05) is 12.8 Å². The van der Waals surface area contributed by atoms with E-state index in [0.29, 0.717) is 32.1 Å². The van der Waals surface area contributed by atoms with E-state index in [4.69, 9.17) is 19.1 Å². The van der Waals surface area contributed by atoms with Crippen molar-refractivity contribution in [3.05, 3.63) is 72.9 Å². The molecule has 12 nitrogen and oxygen atoms in total. The van der Waals surface area contributed by atoms with Crippen LogP contribution >= 0.6 is 7.82 Å². The summed E-state index contributed by atoms with van der Waals surface area (Å²) >= 11 is 0. The third-order valence-electron chi connectivity index (χ3n) is 11.1. The summed E-state index contributed by atoms with van der Waals surface area (Å²) in [5.74, 6) is -0.223. The first-order chi connectivity index (χ1) is 31.9. The van der Waals surface area contributed by atoms with Crippen LogP contribution in [0, 0.1) is 5.92 Å². The van der Waals surface area contributed by atoms with Crippen LogP contribution in [-0.4, -0.2) is 88.1 Å². The van der Waals surface area contributed by atoms with Crippen LogP contribution in [0.5, 0.6) is 0 Å². The molecule has 0 aliphatic rings. The van der Waals surface area contributed by atoms with Crippen LogP contribution in [0.3, 0.4) is 0 Å². The highest BCUT2D eigenvalue weighted by Gasteiger charge is 2.27. The van der Waals surface area contributed by atoms with Gasteiger partial charge in [-0.2, -0.15) is 0 Å². The van der Waals surface area contributed by atoms with Crippen molar-refractivity contribution in [1.29, 1.82) is 0 Å². The molecule has 2 unspecified atom stereocenters. The lowest BCUT2D eigenvalue weighted by atomic mass is 9.99. The van der Waals surface area contributed by atoms with Gasteiger partial charge in [-0.3, -0.25) is 18.6 Å². The van der Waals surface area contributed by atoms with E-state index in [2.05, 4.69) is 25.3 Å². The number of aliphatic hydroxyl groups excluding tert-OH is 4. The maximum Gasteiger partial charge on any atom is 0.472 e. The number of rotatable bonds is 46. The Kier molecular flexibility index (Phi) is 44.2. The zero-order valence-corrected chi connectivity index (χ0v) is 42.2. The van der Waals surface area contributed by atoms with Crippen molar-refractivity contribution in [1.82, 2.24) is 0 Å². The first kappa shape index (κ1) is 63.3. The summed E-state index contributed by atoms with van der Waals surface area (Å²) in [4.78, 5) is 35.2. The zero-order chi connectivity index (χ0) is 48.8. The molecule has 0 rings (SSSR count). The second-order valence-corrected chi connectivity index (χ2v) is 18.9. The number of carbonyl (C=O) groups is 2. The molecule has 0 saturated heterocycles. The number of esters is 2. The molecule has 5 N–H and O–H groups in total. The Bertz CT molecular complexity index is 1380. The maximum atomic E-state index is 12.7. The Balaban J connectivity index is 4.39. The number of phosphoric ester groups is 1. The number of phosphoric acid groups is 1. The smallest absolute Gasteiger partial charge is 0.462 e. The van der Waals surface area contributed by atoms with Gasteiger partial charge >= 0.3 is 19.8 Å². The zero-order valence-electron chi connectivity index (χ0n) is 41.3. The Labute approximate surface area is 400 Å². The summed E-state index contributed by atoms with van der Waals surface area (Å²) in [5.41, 5.74) is 0. The number of hydrogen-bond donors (Lipinski definition) is 5. The predicted molar refractivity (Wildman–Crippen MR) is 268 cm³/mol. The minimum Gasteiger partial charge on any atom is -0.462 e. The van der Waals surface area contributed by atoms with Gasteiger partial charge in [0.2, 0.25) is 0 Å². The monoisotopic (exact) mass is 953 g/mol. The first-order valence-corrected chi connectivity index (χ1v) is 27.0. The lowest BCUT2D eigenvalue weighted by Gasteiger charge is -2.20. The third-order valence-corrected chi connectivity index (χ3v) is 12.0. The van der Waals surface area contributed by atoms with E-state index in [-0.39, 0.29) is 12.8 Å². The van der Waals surface area contributed by atoms with Crippen LogP contribution in [0.25, 0.3) is 0 Å². The van der Waals surface area contributed by atoms with Gasteiger partial charge in [-0.15, -0.1) is 0 Å². The van der Waals surface area contributed by atoms with Gasteiger partial charge in [-0.1, -0.05) is 216 Å². The van der Waals surface area contributed by atoms with Crippen molar-refractivity contribution in [2.45, 2.75) is 219 Å². The molecule has 0 fully saturated rings. The fourth-order valence-electron chi connectivity index (χ4n) is 6.77. The molecule has 0 aliphatic carbocycles. The molecule has 0 radical (unpaired) electrons. The Morgan fingerprint density at radius 3 is 1.68 bits per heavy atom. The van der Waals surface area contributed by atoms with Gasteiger partial charge in [0.25, 0.3) is 0 Å². The molecule has 0 spiro atoms. The predicted octanol–water partition coefficient (Wildman–Crippen LogP) is 12.2. The average Bonchev–Trinajstić information content (AvgIpc) is 3.30. The highest BCUT2D eigenvalue weighted by atomic mass is 31.2. The van der Waals surface area contributed by atoms with Crippen LogP contribution in [0.4, 0.5) is 0 Å². The molecule has 66 heavy (non-hydrogen) atoms. The van der Waals surface area contributed by atoms with Gasteiger partial charge < -0.3 is 34.8 Å². The van der Waals surface area contributed by atoms with E-state index in [0.717, 1.165) is 31.6 Å². The molecule has 0 aromatic carbocycles. The quantitative estimate of drug-likeness (QED) is 0.0128. The van der Waals surface area contributed by atoms with Gasteiger partial charge in [0.15, 0.2) is 6.10 Å². The molecule has 0 saturated carbocycles. The van der Waals surface area contributed by atoms with Crippen LogP contribution < -0.4 is 0 Å². The maximum absolute atomic E-state index is 12.7. The van der Waals surface area contributed by atoms with Gasteiger partial charge in [0.05, 0.1) is 32.0 Å². The molecule has 0 amide bonds. The van der Waals surface area contributed by atoms with Crippen molar-refractivity contribution in [3.63, 3.8) is 0 Å². The third kappa shape index (κ3) is 45.1. The molecule has 13 heteroatoms.